The first kappa shape index (κ1) is 16.1. The average molecular weight is 266 g/mol. The SMILES string of the molecule is CCCCCN(Cc1ccc(F)cc1CN)C(C)C. The minimum atomic E-state index is -0.203. The molecule has 0 radical (unpaired) electrons. The Morgan fingerprint density at radius 3 is 2.53 bits per heavy atom. The van der Waals surface area contributed by atoms with E-state index in [2.05, 4.69) is 25.7 Å². The summed E-state index contributed by atoms with van der Waals surface area (Å²) in [6.45, 7) is 8.97. The maximum absolute atomic E-state index is 13.2. The molecule has 0 aliphatic heterocycles. The van der Waals surface area contributed by atoms with Crippen LogP contribution in [0.15, 0.2) is 18.2 Å². The number of hydrogen-bond acceptors (Lipinski definition) is 2. The topological polar surface area (TPSA) is 29.3 Å². The molecule has 19 heavy (non-hydrogen) atoms. The van der Waals surface area contributed by atoms with Crippen LogP contribution in [0.5, 0.6) is 0 Å². The molecule has 108 valence electrons. The predicted octanol–water partition coefficient (Wildman–Crippen LogP) is 3.69. The fraction of sp³-hybridized carbons (Fsp3) is 0.625. The molecule has 0 aliphatic carbocycles. The largest absolute Gasteiger partial charge is 0.326 e. The summed E-state index contributed by atoms with van der Waals surface area (Å²) in [6.07, 6.45) is 3.71. The van der Waals surface area contributed by atoms with E-state index in [9.17, 15) is 4.39 Å². The number of unbranched alkanes of at least 4 members (excludes halogenated alkanes) is 2. The molecule has 0 aliphatic rings. The second-order valence-electron chi connectivity index (χ2n) is 5.39. The molecular formula is C16H27FN2. The van der Waals surface area contributed by atoms with Crippen LogP contribution in [0, 0.1) is 5.82 Å². The highest BCUT2D eigenvalue weighted by Gasteiger charge is 2.12. The first-order chi connectivity index (χ1) is 9.08. The highest BCUT2D eigenvalue weighted by molar-refractivity contribution is 5.27. The summed E-state index contributed by atoms with van der Waals surface area (Å²) in [5.41, 5.74) is 7.77. The zero-order valence-electron chi connectivity index (χ0n) is 12.5. The Labute approximate surface area is 116 Å². The van der Waals surface area contributed by atoms with Crippen LogP contribution in [0.25, 0.3) is 0 Å². The molecule has 2 N–H and O–H groups in total. The monoisotopic (exact) mass is 266 g/mol. The van der Waals surface area contributed by atoms with Gasteiger partial charge in [0.05, 0.1) is 0 Å². The van der Waals surface area contributed by atoms with Crippen LogP contribution in [-0.2, 0) is 13.1 Å². The second kappa shape index (κ2) is 8.28. The van der Waals surface area contributed by atoms with Crippen molar-refractivity contribution >= 4 is 0 Å². The Morgan fingerprint density at radius 2 is 1.95 bits per heavy atom. The van der Waals surface area contributed by atoms with E-state index in [1.165, 1.54) is 25.3 Å². The van der Waals surface area contributed by atoms with Crippen molar-refractivity contribution in [2.75, 3.05) is 6.54 Å². The van der Waals surface area contributed by atoms with Gasteiger partial charge in [-0.1, -0.05) is 25.8 Å². The standard InChI is InChI=1S/C16H27FN2/c1-4-5-6-9-19(13(2)3)12-14-7-8-16(17)10-15(14)11-18/h7-8,10,13H,4-6,9,11-12,18H2,1-3H3. The molecule has 0 saturated heterocycles. The lowest BCUT2D eigenvalue weighted by Crippen LogP contribution is -2.31. The van der Waals surface area contributed by atoms with Crippen molar-refractivity contribution < 1.29 is 4.39 Å². The van der Waals surface area contributed by atoms with E-state index in [-0.39, 0.29) is 5.82 Å². The third-order valence-corrected chi connectivity index (χ3v) is 3.54. The number of hydrogen-bond donors (Lipinski definition) is 1. The van der Waals surface area contributed by atoms with Gasteiger partial charge in [-0.05, 0) is 50.1 Å². The van der Waals surface area contributed by atoms with Crippen molar-refractivity contribution in [3.63, 3.8) is 0 Å². The Kier molecular flexibility index (Phi) is 7.03. The molecule has 1 rings (SSSR count). The van der Waals surface area contributed by atoms with Crippen molar-refractivity contribution in [1.82, 2.24) is 4.90 Å². The summed E-state index contributed by atoms with van der Waals surface area (Å²) in [6, 6.07) is 5.44. The molecule has 1 aromatic carbocycles. The van der Waals surface area contributed by atoms with Gasteiger partial charge in [0, 0.05) is 19.1 Å². The molecule has 0 unspecified atom stereocenters. The maximum Gasteiger partial charge on any atom is 0.123 e. The fourth-order valence-electron chi connectivity index (χ4n) is 2.24. The Bertz CT molecular complexity index is 377. The Balaban J connectivity index is 2.72. The number of halogens is 1. The lowest BCUT2D eigenvalue weighted by atomic mass is 10.1. The quantitative estimate of drug-likeness (QED) is 0.727. The Hall–Kier alpha value is -0.930. The fourth-order valence-corrected chi connectivity index (χ4v) is 2.24. The van der Waals surface area contributed by atoms with Gasteiger partial charge in [-0.3, -0.25) is 4.90 Å². The maximum atomic E-state index is 13.2. The zero-order valence-corrected chi connectivity index (χ0v) is 12.5. The van der Waals surface area contributed by atoms with Crippen LogP contribution in [0.1, 0.15) is 51.2 Å². The summed E-state index contributed by atoms with van der Waals surface area (Å²) in [7, 11) is 0. The summed E-state index contributed by atoms with van der Waals surface area (Å²) in [4.78, 5) is 2.43. The molecule has 0 aromatic heterocycles. The molecular weight excluding hydrogens is 239 g/mol. The lowest BCUT2D eigenvalue weighted by Gasteiger charge is -2.27. The van der Waals surface area contributed by atoms with Gasteiger partial charge in [0.25, 0.3) is 0 Å². The number of rotatable bonds is 8. The van der Waals surface area contributed by atoms with Crippen molar-refractivity contribution in [2.24, 2.45) is 5.73 Å². The van der Waals surface area contributed by atoms with Crippen molar-refractivity contribution in [2.45, 2.75) is 59.2 Å². The molecule has 3 heteroatoms. The molecule has 0 amide bonds. The summed E-state index contributed by atoms with van der Waals surface area (Å²) in [5.74, 6) is -0.203. The van der Waals surface area contributed by atoms with Crippen molar-refractivity contribution in [3.8, 4) is 0 Å². The van der Waals surface area contributed by atoms with Crippen LogP contribution in [0.2, 0.25) is 0 Å². The zero-order chi connectivity index (χ0) is 14.3. The third kappa shape index (κ3) is 5.29. The number of nitrogens with zero attached hydrogens (tertiary/aromatic N) is 1. The molecule has 0 spiro atoms. The van der Waals surface area contributed by atoms with E-state index >= 15 is 0 Å². The molecule has 0 bridgehead atoms. The number of nitrogens with two attached hydrogens (primary N) is 1. The molecule has 1 aromatic rings. The van der Waals surface area contributed by atoms with Gasteiger partial charge in [0.1, 0.15) is 5.82 Å². The van der Waals surface area contributed by atoms with Gasteiger partial charge in [-0.15, -0.1) is 0 Å². The van der Waals surface area contributed by atoms with Crippen LogP contribution < -0.4 is 5.73 Å². The molecule has 2 nitrogen and oxygen atoms in total. The van der Waals surface area contributed by atoms with E-state index in [0.717, 1.165) is 24.2 Å². The van der Waals surface area contributed by atoms with E-state index in [4.69, 9.17) is 5.73 Å². The first-order valence-corrected chi connectivity index (χ1v) is 7.29. The molecule has 0 saturated carbocycles. The molecule has 0 atom stereocenters. The van der Waals surface area contributed by atoms with Gasteiger partial charge >= 0.3 is 0 Å². The van der Waals surface area contributed by atoms with E-state index < -0.39 is 0 Å². The first-order valence-electron chi connectivity index (χ1n) is 7.29. The van der Waals surface area contributed by atoms with Crippen LogP contribution in [0.4, 0.5) is 4.39 Å². The Morgan fingerprint density at radius 1 is 1.21 bits per heavy atom. The molecule has 0 heterocycles. The van der Waals surface area contributed by atoms with Crippen LogP contribution in [0.3, 0.4) is 0 Å². The second-order valence-corrected chi connectivity index (χ2v) is 5.39. The summed E-state index contributed by atoms with van der Waals surface area (Å²) in [5, 5.41) is 0. The predicted molar refractivity (Wildman–Crippen MR) is 79.4 cm³/mol. The minimum Gasteiger partial charge on any atom is -0.326 e. The van der Waals surface area contributed by atoms with Gasteiger partial charge in [0.15, 0.2) is 0 Å². The van der Waals surface area contributed by atoms with Crippen molar-refractivity contribution in [3.05, 3.63) is 35.1 Å². The van der Waals surface area contributed by atoms with E-state index in [1.807, 2.05) is 6.07 Å². The van der Waals surface area contributed by atoms with Gasteiger partial charge in [-0.25, -0.2) is 4.39 Å². The van der Waals surface area contributed by atoms with Gasteiger partial charge in [-0.2, -0.15) is 0 Å². The highest BCUT2D eigenvalue weighted by atomic mass is 19.1. The van der Waals surface area contributed by atoms with E-state index in [1.54, 1.807) is 6.07 Å². The molecule has 0 fully saturated rings. The lowest BCUT2D eigenvalue weighted by molar-refractivity contribution is 0.208. The smallest absolute Gasteiger partial charge is 0.123 e. The van der Waals surface area contributed by atoms with Crippen molar-refractivity contribution in [1.29, 1.82) is 0 Å². The minimum absolute atomic E-state index is 0.203. The average Bonchev–Trinajstić information content (AvgIpc) is 2.39. The van der Waals surface area contributed by atoms with Gasteiger partial charge < -0.3 is 5.73 Å². The van der Waals surface area contributed by atoms with Crippen LogP contribution in [-0.4, -0.2) is 17.5 Å². The summed E-state index contributed by atoms with van der Waals surface area (Å²) < 4.78 is 13.2. The normalized spacial score (nSPS) is 11.5. The third-order valence-electron chi connectivity index (χ3n) is 3.54. The van der Waals surface area contributed by atoms with Gasteiger partial charge in [0.2, 0.25) is 0 Å². The highest BCUT2D eigenvalue weighted by Crippen LogP contribution is 2.16. The van der Waals surface area contributed by atoms with E-state index in [0.29, 0.717) is 12.6 Å². The van der Waals surface area contributed by atoms with Crippen LogP contribution >= 0.6 is 0 Å². The number of benzene rings is 1. The summed E-state index contributed by atoms with van der Waals surface area (Å²) >= 11 is 0.